The molecule has 0 aromatic heterocycles. The van der Waals surface area contributed by atoms with E-state index in [1.807, 2.05) is 0 Å². The smallest absolute Gasteiger partial charge is 0.240 e. The maximum Gasteiger partial charge on any atom is 0.240 e. The topological polar surface area (TPSA) is 52.7 Å². The van der Waals surface area contributed by atoms with E-state index in [0.717, 1.165) is 31.9 Å². The molecule has 1 saturated heterocycles. The van der Waals surface area contributed by atoms with Gasteiger partial charge >= 0.3 is 0 Å². The Labute approximate surface area is 164 Å². The first-order valence-electron chi connectivity index (χ1n) is 8.84. The average Bonchev–Trinajstić information content (AvgIpc) is 2.65. The van der Waals surface area contributed by atoms with Crippen molar-refractivity contribution in [2.24, 2.45) is 0 Å². The normalized spacial score (nSPS) is 15.9. The Balaban J connectivity index is 1.49. The summed E-state index contributed by atoms with van der Waals surface area (Å²) in [6, 6.07) is 11.4. The van der Waals surface area contributed by atoms with E-state index in [0.29, 0.717) is 23.7 Å². The molecule has 1 aliphatic heterocycles. The van der Waals surface area contributed by atoms with Gasteiger partial charge in [0.25, 0.3) is 0 Å². The summed E-state index contributed by atoms with van der Waals surface area (Å²) in [5.41, 5.74) is 1.67. The highest BCUT2D eigenvalue weighted by atomic mass is 35.5. The van der Waals surface area contributed by atoms with E-state index < -0.39 is 10.0 Å². The lowest BCUT2D eigenvalue weighted by atomic mass is 10.2. The van der Waals surface area contributed by atoms with Crippen molar-refractivity contribution in [2.45, 2.75) is 11.8 Å². The Morgan fingerprint density at radius 3 is 2.41 bits per heavy atom. The molecule has 0 unspecified atom stereocenters. The van der Waals surface area contributed by atoms with Crippen molar-refractivity contribution >= 4 is 27.3 Å². The van der Waals surface area contributed by atoms with E-state index in [9.17, 15) is 12.8 Å². The molecular weight excluding hydrogens is 389 g/mol. The Kier molecular flexibility index (Phi) is 6.37. The third-order valence-corrected chi connectivity index (χ3v) is 6.56. The fourth-order valence-corrected chi connectivity index (χ4v) is 4.69. The number of benzene rings is 2. The van der Waals surface area contributed by atoms with Gasteiger partial charge in [0.15, 0.2) is 0 Å². The number of piperazine rings is 1. The predicted molar refractivity (Wildman–Crippen MR) is 106 cm³/mol. The van der Waals surface area contributed by atoms with Crippen LogP contribution in [0.4, 0.5) is 10.1 Å². The summed E-state index contributed by atoms with van der Waals surface area (Å²) in [5.74, 6) is -0.236. The van der Waals surface area contributed by atoms with Crippen LogP contribution in [-0.4, -0.2) is 52.6 Å². The number of sulfonamides is 1. The third-order valence-electron chi connectivity index (χ3n) is 4.72. The van der Waals surface area contributed by atoms with Crippen LogP contribution in [0.5, 0.6) is 0 Å². The minimum atomic E-state index is -3.58. The summed E-state index contributed by atoms with van der Waals surface area (Å²) in [6.07, 6.45) is 0. The van der Waals surface area contributed by atoms with Gasteiger partial charge in [0, 0.05) is 50.0 Å². The van der Waals surface area contributed by atoms with E-state index in [-0.39, 0.29) is 10.7 Å². The summed E-state index contributed by atoms with van der Waals surface area (Å²) >= 11 is 5.93. The molecule has 3 rings (SSSR count). The highest BCUT2D eigenvalue weighted by Gasteiger charge is 2.20. The van der Waals surface area contributed by atoms with Gasteiger partial charge in [0.2, 0.25) is 10.0 Å². The van der Waals surface area contributed by atoms with Crippen LogP contribution in [-0.2, 0) is 10.0 Å². The van der Waals surface area contributed by atoms with E-state index in [1.54, 1.807) is 31.2 Å². The van der Waals surface area contributed by atoms with Crippen LogP contribution in [0.2, 0.25) is 5.02 Å². The molecule has 1 aliphatic rings. The maximum absolute atomic E-state index is 13.0. The Morgan fingerprint density at radius 1 is 1.07 bits per heavy atom. The van der Waals surface area contributed by atoms with Gasteiger partial charge in [-0.2, -0.15) is 0 Å². The molecule has 1 fully saturated rings. The lowest BCUT2D eigenvalue weighted by Gasteiger charge is -2.36. The molecule has 5 nitrogen and oxygen atoms in total. The summed E-state index contributed by atoms with van der Waals surface area (Å²) in [5, 5.41) is 0.401. The van der Waals surface area contributed by atoms with Gasteiger partial charge in [-0.25, -0.2) is 17.5 Å². The monoisotopic (exact) mass is 411 g/mol. The van der Waals surface area contributed by atoms with E-state index in [2.05, 4.69) is 14.5 Å². The zero-order chi connectivity index (χ0) is 19.4. The molecule has 1 heterocycles. The molecule has 0 saturated carbocycles. The maximum atomic E-state index is 13.0. The second-order valence-corrected chi connectivity index (χ2v) is 8.78. The Hall–Kier alpha value is -1.67. The van der Waals surface area contributed by atoms with Gasteiger partial charge in [-0.05, 0) is 48.9 Å². The molecule has 2 aromatic rings. The summed E-state index contributed by atoms with van der Waals surface area (Å²) < 4.78 is 40.7. The second-order valence-electron chi connectivity index (χ2n) is 6.61. The van der Waals surface area contributed by atoms with Crippen LogP contribution in [0.3, 0.4) is 0 Å². The highest BCUT2D eigenvalue weighted by Crippen LogP contribution is 2.20. The zero-order valence-corrected chi connectivity index (χ0v) is 16.7. The number of nitrogens with one attached hydrogen (secondary N) is 1. The largest absolute Gasteiger partial charge is 0.369 e. The van der Waals surface area contributed by atoms with Gasteiger partial charge < -0.3 is 4.90 Å². The SMILES string of the molecule is Cc1ccc(Cl)cc1S(=O)(=O)NCCN1CCN(c2ccc(F)cc2)CC1. The lowest BCUT2D eigenvalue weighted by Crippen LogP contribution is -2.48. The molecule has 27 heavy (non-hydrogen) atoms. The number of rotatable bonds is 6. The number of hydrogen-bond donors (Lipinski definition) is 1. The van der Waals surface area contributed by atoms with Crippen molar-refractivity contribution in [3.05, 3.63) is 58.9 Å². The average molecular weight is 412 g/mol. The number of hydrogen-bond acceptors (Lipinski definition) is 4. The van der Waals surface area contributed by atoms with Crippen molar-refractivity contribution in [3.8, 4) is 0 Å². The lowest BCUT2D eigenvalue weighted by molar-refractivity contribution is 0.262. The fraction of sp³-hybridized carbons (Fsp3) is 0.368. The number of anilines is 1. The van der Waals surface area contributed by atoms with Gasteiger partial charge in [-0.15, -0.1) is 0 Å². The first kappa shape index (κ1) is 20.1. The van der Waals surface area contributed by atoms with Crippen LogP contribution in [0.1, 0.15) is 5.56 Å². The van der Waals surface area contributed by atoms with Crippen LogP contribution >= 0.6 is 11.6 Å². The van der Waals surface area contributed by atoms with Crippen molar-refractivity contribution in [3.63, 3.8) is 0 Å². The molecule has 0 atom stereocenters. The Bertz CT molecular complexity index is 882. The molecule has 0 amide bonds. The van der Waals surface area contributed by atoms with E-state index in [4.69, 9.17) is 11.6 Å². The third kappa shape index (κ3) is 5.19. The molecule has 0 spiro atoms. The number of aryl methyl sites for hydroxylation is 1. The fourth-order valence-electron chi connectivity index (χ4n) is 3.16. The summed E-state index contributed by atoms with van der Waals surface area (Å²) in [6.45, 7) is 6.03. The highest BCUT2D eigenvalue weighted by molar-refractivity contribution is 7.89. The van der Waals surface area contributed by atoms with Crippen molar-refractivity contribution < 1.29 is 12.8 Å². The van der Waals surface area contributed by atoms with Gasteiger partial charge in [-0.1, -0.05) is 17.7 Å². The minimum Gasteiger partial charge on any atom is -0.369 e. The van der Waals surface area contributed by atoms with Crippen LogP contribution in [0.15, 0.2) is 47.4 Å². The van der Waals surface area contributed by atoms with Crippen LogP contribution in [0.25, 0.3) is 0 Å². The van der Waals surface area contributed by atoms with E-state index >= 15 is 0 Å². The van der Waals surface area contributed by atoms with Gasteiger partial charge in [0.1, 0.15) is 5.82 Å². The minimum absolute atomic E-state index is 0.219. The van der Waals surface area contributed by atoms with Crippen molar-refractivity contribution in [2.75, 3.05) is 44.2 Å². The second kappa shape index (κ2) is 8.56. The summed E-state index contributed by atoms with van der Waals surface area (Å²) in [4.78, 5) is 4.64. The molecular formula is C19H23ClFN3O2S. The number of nitrogens with zero attached hydrogens (tertiary/aromatic N) is 2. The van der Waals surface area contributed by atoms with Crippen LogP contribution in [0, 0.1) is 12.7 Å². The van der Waals surface area contributed by atoms with Crippen molar-refractivity contribution in [1.29, 1.82) is 0 Å². The first-order valence-corrected chi connectivity index (χ1v) is 10.7. The molecule has 1 N–H and O–H groups in total. The van der Waals surface area contributed by atoms with Crippen molar-refractivity contribution in [1.82, 2.24) is 9.62 Å². The van der Waals surface area contributed by atoms with Crippen LogP contribution < -0.4 is 9.62 Å². The van der Waals surface area contributed by atoms with Gasteiger partial charge in [0.05, 0.1) is 4.90 Å². The molecule has 0 aliphatic carbocycles. The molecule has 0 radical (unpaired) electrons. The standard InChI is InChI=1S/C19H23ClFN3O2S/c1-15-2-3-16(20)14-19(15)27(25,26)22-8-9-23-10-12-24(13-11-23)18-6-4-17(21)5-7-18/h2-7,14,22H,8-13H2,1H3. The molecule has 2 aromatic carbocycles. The van der Waals surface area contributed by atoms with E-state index in [1.165, 1.54) is 18.2 Å². The quantitative estimate of drug-likeness (QED) is 0.794. The summed E-state index contributed by atoms with van der Waals surface area (Å²) in [7, 11) is -3.58. The van der Waals surface area contributed by atoms with Gasteiger partial charge in [-0.3, -0.25) is 4.90 Å². The number of halogens is 2. The zero-order valence-electron chi connectivity index (χ0n) is 15.2. The molecule has 8 heteroatoms. The molecule has 146 valence electrons. The molecule has 0 bridgehead atoms. The Morgan fingerprint density at radius 2 is 1.74 bits per heavy atom. The predicted octanol–water partition coefficient (Wildman–Crippen LogP) is 2.89. The first-order chi connectivity index (χ1) is 12.8.